The van der Waals surface area contributed by atoms with Crippen molar-refractivity contribution in [2.24, 2.45) is 5.41 Å². The molecule has 1 aliphatic rings. The summed E-state index contributed by atoms with van der Waals surface area (Å²) in [5, 5.41) is 3.19. The maximum Gasteiger partial charge on any atom is 0.315 e. The number of carbonyl (C=O) groups is 2. The smallest absolute Gasteiger partial charge is 0.315 e. The topological polar surface area (TPSA) is 55.4 Å². The van der Waals surface area contributed by atoms with Crippen molar-refractivity contribution in [3.63, 3.8) is 0 Å². The van der Waals surface area contributed by atoms with Crippen LogP contribution in [0.3, 0.4) is 0 Å². The first-order valence-electron chi connectivity index (χ1n) is 6.31. The molecule has 1 N–H and O–H groups in total. The van der Waals surface area contributed by atoms with Gasteiger partial charge in [-0.1, -0.05) is 29.8 Å². The first-order chi connectivity index (χ1) is 9.76. The second kappa shape index (κ2) is 6.03. The van der Waals surface area contributed by atoms with Crippen LogP contribution in [0, 0.1) is 5.41 Å². The second-order valence-electron chi connectivity index (χ2n) is 5.16. The third-order valence-electron chi connectivity index (χ3n) is 3.48. The number of rotatable bonds is 5. The van der Waals surface area contributed by atoms with Crippen LogP contribution in [0.5, 0.6) is 0 Å². The Morgan fingerprint density at radius 1 is 1.33 bits per heavy atom. The van der Waals surface area contributed by atoms with Crippen molar-refractivity contribution in [2.75, 3.05) is 6.61 Å². The van der Waals surface area contributed by atoms with Crippen molar-refractivity contribution in [3.8, 4) is 0 Å². The van der Waals surface area contributed by atoms with Crippen molar-refractivity contribution in [2.45, 2.75) is 24.2 Å². The Labute approximate surface area is 137 Å². The molecule has 0 aromatic heterocycles. The number of nitrogens with one attached hydrogen (secondary N) is 1. The number of hydrogen-bond donors (Lipinski definition) is 1. The molecule has 1 atom stereocenters. The Morgan fingerprint density at radius 3 is 2.52 bits per heavy atom. The quantitative estimate of drug-likeness (QED) is 0.656. The first-order valence-corrected chi connectivity index (χ1v) is 7.45. The molecule has 0 aliphatic heterocycles. The minimum atomic E-state index is -1.10. The highest BCUT2D eigenvalue weighted by atomic mass is 35.5. The number of carbonyl (C=O) groups excluding carboxylic acids is 2. The van der Waals surface area contributed by atoms with Crippen LogP contribution in [0.15, 0.2) is 24.3 Å². The Hall–Kier alpha value is -0.970. The summed E-state index contributed by atoms with van der Waals surface area (Å²) in [7, 11) is 0. The summed E-state index contributed by atoms with van der Waals surface area (Å²) in [5.41, 5.74) is -0.146. The fraction of sp³-hybridized carbons (Fsp3) is 0.429. The molecule has 0 unspecified atom stereocenters. The zero-order chi connectivity index (χ0) is 15.7. The monoisotopic (exact) mass is 349 g/mol. The van der Waals surface area contributed by atoms with E-state index in [4.69, 9.17) is 39.5 Å². The Balaban J connectivity index is 1.76. The molecule has 1 aromatic rings. The maximum absolute atomic E-state index is 11.8. The summed E-state index contributed by atoms with van der Waals surface area (Å²) in [6, 6.07) is 7.16. The summed E-state index contributed by atoms with van der Waals surface area (Å²) >= 11 is 17.7. The van der Waals surface area contributed by atoms with Crippen molar-refractivity contribution < 1.29 is 14.3 Å². The number of amides is 1. The minimum absolute atomic E-state index is 0.266. The highest BCUT2D eigenvalue weighted by molar-refractivity contribution is 6.53. The van der Waals surface area contributed by atoms with Crippen LogP contribution in [0.2, 0.25) is 5.02 Å². The van der Waals surface area contributed by atoms with E-state index < -0.39 is 21.6 Å². The van der Waals surface area contributed by atoms with Gasteiger partial charge in [0.05, 0.1) is 0 Å². The van der Waals surface area contributed by atoms with Gasteiger partial charge in [-0.25, -0.2) is 0 Å². The molecule has 0 radical (unpaired) electrons. The molecule has 1 aliphatic carbocycles. The van der Waals surface area contributed by atoms with E-state index in [2.05, 4.69) is 5.32 Å². The highest BCUT2D eigenvalue weighted by Crippen LogP contribution is 2.64. The van der Waals surface area contributed by atoms with Gasteiger partial charge >= 0.3 is 5.97 Å². The predicted octanol–water partition coefficient (Wildman–Crippen LogP) is 3.08. The van der Waals surface area contributed by atoms with E-state index in [9.17, 15) is 9.59 Å². The van der Waals surface area contributed by atoms with Crippen LogP contribution in [0.1, 0.15) is 18.9 Å². The van der Waals surface area contributed by atoms with Crippen molar-refractivity contribution in [1.29, 1.82) is 0 Å². The summed E-state index contributed by atoms with van der Waals surface area (Å²) in [6.07, 6.45) is 0.323. The van der Waals surface area contributed by atoms with Gasteiger partial charge in [-0.15, -0.1) is 23.2 Å². The van der Waals surface area contributed by atoms with Gasteiger partial charge in [-0.3, -0.25) is 9.59 Å². The van der Waals surface area contributed by atoms with E-state index in [0.717, 1.165) is 5.56 Å². The van der Waals surface area contributed by atoms with Crippen LogP contribution in [0.25, 0.3) is 0 Å². The number of alkyl halides is 2. The molecule has 114 valence electrons. The molecular formula is C14H14Cl3NO3. The standard InChI is InChI=1S/C14H14Cl3NO3/c1-13(8-14(13,16)17)12(20)21-7-11(19)18-6-9-4-2-3-5-10(9)15/h2-5H,6-8H2,1H3,(H,18,19)/t13-/m0/s1. The average molecular weight is 351 g/mol. The lowest BCUT2D eigenvalue weighted by molar-refractivity contribution is -0.153. The largest absolute Gasteiger partial charge is 0.455 e. The van der Waals surface area contributed by atoms with Gasteiger partial charge < -0.3 is 10.1 Å². The predicted molar refractivity (Wildman–Crippen MR) is 81.4 cm³/mol. The number of halogens is 3. The van der Waals surface area contributed by atoms with Crippen LogP contribution in [-0.4, -0.2) is 22.8 Å². The van der Waals surface area contributed by atoms with E-state index in [1.807, 2.05) is 6.07 Å². The van der Waals surface area contributed by atoms with Crippen molar-refractivity contribution in [3.05, 3.63) is 34.9 Å². The van der Waals surface area contributed by atoms with E-state index in [-0.39, 0.29) is 13.2 Å². The van der Waals surface area contributed by atoms with Crippen LogP contribution >= 0.6 is 34.8 Å². The molecule has 0 saturated heterocycles. The molecule has 0 spiro atoms. The van der Waals surface area contributed by atoms with Gasteiger partial charge in [0, 0.05) is 18.0 Å². The molecule has 4 nitrogen and oxygen atoms in total. The molecule has 7 heteroatoms. The first kappa shape index (κ1) is 16.4. The van der Waals surface area contributed by atoms with Crippen LogP contribution < -0.4 is 5.32 Å². The van der Waals surface area contributed by atoms with E-state index in [1.54, 1.807) is 25.1 Å². The molecule has 0 bridgehead atoms. The lowest BCUT2D eigenvalue weighted by atomic mass is 10.1. The van der Waals surface area contributed by atoms with Gasteiger partial charge in [0.15, 0.2) is 6.61 Å². The molecule has 1 saturated carbocycles. The number of ether oxygens (including phenoxy) is 1. The van der Waals surface area contributed by atoms with E-state index >= 15 is 0 Å². The summed E-state index contributed by atoms with van der Waals surface area (Å²) in [5.74, 6) is -0.984. The van der Waals surface area contributed by atoms with Crippen molar-refractivity contribution in [1.82, 2.24) is 5.32 Å². The molecular weight excluding hydrogens is 337 g/mol. The number of hydrogen-bond acceptors (Lipinski definition) is 3. The lowest BCUT2D eigenvalue weighted by Crippen LogP contribution is -2.31. The molecule has 1 fully saturated rings. The van der Waals surface area contributed by atoms with Crippen LogP contribution in [0.4, 0.5) is 0 Å². The fourth-order valence-corrected chi connectivity index (χ4v) is 2.69. The van der Waals surface area contributed by atoms with Gasteiger partial charge in [0.25, 0.3) is 5.91 Å². The Morgan fingerprint density at radius 2 is 1.95 bits per heavy atom. The summed E-state index contributed by atoms with van der Waals surface area (Å²) < 4.78 is 3.83. The van der Waals surface area contributed by atoms with Crippen LogP contribution in [-0.2, 0) is 20.9 Å². The fourth-order valence-electron chi connectivity index (χ4n) is 1.80. The summed E-state index contributed by atoms with van der Waals surface area (Å²) in [4.78, 5) is 23.4. The van der Waals surface area contributed by atoms with Gasteiger partial charge in [0.1, 0.15) is 9.75 Å². The average Bonchev–Trinajstić information content (AvgIpc) is 2.95. The zero-order valence-corrected chi connectivity index (χ0v) is 13.6. The Kier molecular flexibility index (Phi) is 4.71. The maximum atomic E-state index is 11.8. The Bertz CT molecular complexity index is 576. The van der Waals surface area contributed by atoms with Gasteiger partial charge in [-0.05, 0) is 18.6 Å². The van der Waals surface area contributed by atoms with E-state index in [0.29, 0.717) is 11.4 Å². The third kappa shape index (κ3) is 3.62. The molecule has 0 heterocycles. The van der Waals surface area contributed by atoms with Gasteiger partial charge in [0.2, 0.25) is 0 Å². The lowest BCUT2D eigenvalue weighted by Gasteiger charge is -2.12. The van der Waals surface area contributed by atoms with E-state index in [1.165, 1.54) is 0 Å². The number of esters is 1. The highest BCUT2D eigenvalue weighted by Gasteiger charge is 2.69. The molecule has 1 amide bonds. The SMILES string of the molecule is C[C@@]1(C(=O)OCC(=O)NCc2ccccc2Cl)CC1(Cl)Cl. The summed E-state index contributed by atoms with van der Waals surface area (Å²) in [6.45, 7) is 1.50. The van der Waals surface area contributed by atoms with Crippen molar-refractivity contribution >= 4 is 46.7 Å². The zero-order valence-electron chi connectivity index (χ0n) is 11.3. The second-order valence-corrected chi connectivity index (χ2v) is 7.05. The molecule has 21 heavy (non-hydrogen) atoms. The molecule has 2 rings (SSSR count). The third-order valence-corrected chi connectivity index (χ3v) is 4.95. The normalized spacial score (nSPS) is 22.5. The number of benzene rings is 1. The van der Waals surface area contributed by atoms with Gasteiger partial charge in [-0.2, -0.15) is 0 Å². The molecule has 1 aromatic carbocycles. The minimum Gasteiger partial charge on any atom is -0.455 e.